The molecule has 5 heteroatoms. The summed E-state index contributed by atoms with van der Waals surface area (Å²) in [6, 6.07) is 1.80. The van der Waals surface area contributed by atoms with Gasteiger partial charge in [-0.1, -0.05) is 0 Å². The highest BCUT2D eigenvalue weighted by atomic mass is 16.5. The summed E-state index contributed by atoms with van der Waals surface area (Å²) in [6.45, 7) is 0.379. The molecule has 3 rings (SSSR count). The number of fused-ring (bicyclic) bond motifs is 1. The first-order chi connectivity index (χ1) is 8.84. The third-order valence-corrected chi connectivity index (χ3v) is 3.29. The van der Waals surface area contributed by atoms with Gasteiger partial charge in [0.15, 0.2) is 5.82 Å². The second-order valence-electron chi connectivity index (χ2n) is 4.51. The summed E-state index contributed by atoms with van der Waals surface area (Å²) in [4.78, 5) is 8.28. The van der Waals surface area contributed by atoms with Crippen LogP contribution in [0.15, 0.2) is 18.5 Å². The largest absolute Gasteiger partial charge is 0.468 e. The fraction of sp³-hybridized carbons (Fsp3) is 0.462. The Labute approximate surface area is 106 Å². The average molecular weight is 244 g/mol. The highest BCUT2D eigenvalue weighted by molar-refractivity contribution is 5.33. The Bertz CT molecular complexity index is 535. The van der Waals surface area contributed by atoms with Crippen LogP contribution in [-0.2, 0) is 26.5 Å². The molecule has 2 aromatic rings. The Morgan fingerprint density at radius 3 is 2.83 bits per heavy atom. The number of hydrogen-bond acceptors (Lipinski definition) is 4. The third kappa shape index (κ3) is 2.08. The van der Waals surface area contributed by atoms with Gasteiger partial charge in [-0.25, -0.2) is 9.97 Å². The van der Waals surface area contributed by atoms with E-state index in [1.807, 2.05) is 11.7 Å². The van der Waals surface area contributed by atoms with Gasteiger partial charge < -0.3 is 4.74 Å². The number of aromatic nitrogens is 4. The highest BCUT2D eigenvalue weighted by Gasteiger charge is 2.20. The average Bonchev–Trinajstić information content (AvgIpc) is 2.75. The van der Waals surface area contributed by atoms with E-state index >= 15 is 0 Å². The van der Waals surface area contributed by atoms with Crippen LogP contribution in [-0.4, -0.2) is 19.7 Å². The van der Waals surface area contributed by atoms with Gasteiger partial charge in [0.1, 0.15) is 6.61 Å². The van der Waals surface area contributed by atoms with E-state index < -0.39 is 0 Å². The van der Waals surface area contributed by atoms with Crippen molar-refractivity contribution in [1.82, 2.24) is 19.7 Å². The van der Waals surface area contributed by atoms with E-state index in [9.17, 15) is 0 Å². The van der Waals surface area contributed by atoms with Crippen LogP contribution >= 0.6 is 0 Å². The summed E-state index contributed by atoms with van der Waals surface area (Å²) >= 11 is 0. The van der Waals surface area contributed by atoms with Crippen molar-refractivity contribution in [2.75, 3.05) is 0 Å². The maximum absolute atomic E-state index is 5.75. The molecular formula is C13H16N4O. The van der Waals surface area contributed by atoms with Gasteiger partial charge in [0.25, 0.3) is 0 Å². The molecule has 1 aliphatic rings. The van der Waals surface area contributed by atoms with E-state index in [1.54, 1.807) is 18.5 Å². The summed E-state index contributed by atoms with van der Waals surface area (Å²) in [6.07, 6.45) is 8.07. The van der Waals surface area contributed by atoms with Crippen LogP contribution in [0, 0.1) is 0 Å². The lowest BCUT2D eigenvalue weighted by Gasteiger charge is -2.12. The normalized spacial score (nSPS) is 14.3. The molecule has 2 aromatic heterocycles. The number of rotatable bonds is 3. The summed E-state index contributed by atoms with van der Waals surface area (Å²) in [5.74, 6) is 1.44. The van der Waals surface area contributed by atoms with Crippen molar-refractivity contribution < 1.29 is 4.74 Å². The first kappa shape index (κ1) is 11.2. The molecule has 0 aromatic carbocycles. The Morgan fingerprint density at radius 1 is 1.22 bits per heavy atom. The van der Waals surface area contributed by atoms with Crippen molar-refractivity contribution in [3.05, 3.63) is 35.5 Å². The van der Waals surface area contributed by atoms with Gasteiger partial charge in [-0.15, -0.1) is 5.10 Å². The van der Waals surface area contributed by atoms with E-state index in [0.717, 1.165) is 18.7 Å². The smallest absolute Gasteiger partial charge is 0.236 e. The molecule has 0 atom stereocenters. The lowest BCUT2D eigenvalue weighted by molar-refractivity contribution is 0.278. The van der Waals surface area contributed by atoms with Crippen LogP contribution in [0.1, 0.15) is 29.9 Å². The van der Waals surface area contributed by atoms with Crippen molar-refractivity contribution >= 4 is 0 Å². The van der Waals surface area contributed by atoms with Gasteiger partial charge in [-0.2, -0.15) is 0 Å². The van der Waals surface area contributed by atoms with E-state index in [4.69, 9.17) is 4.74 Å². The lowest BCUT2D eigenvalue weighted by Crippen LogP contribution is -2.06. The van der Waals surface area contributed by atoms with Crippen LogP contribution in [0.5, 0.6) is 5.88 Å². The van der Waals surface area contributed by atoms with Crippen molar-refractivity contribution in [2.45, 2.75) is 32.3 Å². The molecule has 0 amide bonds. The molecule has 1 aliphatic carbocycles. The second-order valence-corrected chi connectivity index (χ2v) is 4.51. The number of ether oxygens (including phenoxy) is 1. The van der Waals surface area contributed by atoms with Crippen molar-refractivity contribution in [1.29, 1.82) is 0 Å². The number of aryl methyl sites for hydroxylation is 1. The minimum absolute atomic E-state index is 0.379. The first-order valence-corrected chi connectivity index (χ1v) is 6.28. The molecule has 0 spiro atoms. The van der Waals surface area contributed by atoms with Gasteiger partial charge in [0.2, 0.25) is 5.88 Å². The standard InChI is InChI=1S/C13H16N4O/c1-17-11-6-3-2-5-10(11)13(16-17)18-9-12-14-7-4-8-15-12/h4,7-8H,2-3,5-6,9H2,1H3. The van der Waals surface area contributed by atoms with Gasteiger partial charge in [0.05, 0.1) is 0 Å². The summed E-state index contributed by atoms with van der Waals surface area (Å²) < 4.78 is 7.69. The van der Waals surface area contributed by atoms with Crippen LogP contribution in [0.25, 0.3) is 0 Å². The molecule has 0 saturated heterocycles. The summed E-state index contributed by atoms with van der Waals surface area (Å²) in [7, 11) is 1.98. The predicted molar refractivity (Wildman–Crippen MR) is 66.2 cm³/mol. The molecule has 0 radical (unpaired) electrons. The van der Waals surface area contributed by atoms with Crippen LogP contribution < -0.4 is 4.74 Å². The van der Waals surface area contributed by atoms with Crippen molar-refractivity contribution in [3.8, 4) is 5.88 Å². The molecule has 2 heterocycles. The highest BCUT2D eigenvalue weighted by Crippen LogP contribution is 2.28. The van der Waals surface area contributed by atoms with E-state index in [1.165, 1.54) is 24.1 Å². The maximum Gasteiger partial charge on any atom is 0.236 e. The second kappa shape index (κ2) is 4.76. The molecule has 5 nitrogen and oxygen atoms in total. The zero-order valence-electron chi connectivity index (χ0n) is 10.5. The molecule has 0 aliphatic heterocycles. The lowest BCUT2D eigenvalue weighted by atomic mass is 9.98. The van der Waals surface area contributed by atoms with Crippen LogP contribution in [0.3, 0.4) is 0 Å². The molecule has 0 bridgehead atoms. The maximum atomic E-state index is 5.75. The Hall–Kier alpha value is -1.91. The van der Waals surface area contributed by atoms with E-state index in [0.29, 0.717) is 12.4 Å². The van der Waals surface area contributed by atoms with Crippen molar-refractivity contribution in [3.63, 3.8) is 0 Å². The van der Waals surface area contributed by atoms with Gasteiger partial charge in [-0.05, 0) is 31.7 Å². The van der Waals surface area contributed by atoms with Gasteiger partial charge in [-0.3, -0.25) is 4.68 Å². The van der Waals surface area contributed by atoms with Crippen LogP contribution in [0.4, 0.5) is 0 Å². The Kier molecular flexibility index (Phi) is 2.96. The van der Waals surface area contributed by atoms with Gasteiger partial charge >= 0.3 is 0 Å². The van der Waals surface area contributed by atoms with Crippen molar-refractivity contribution in [2.24, 2.45) is 7.05 Å². The molecule has 94 valence electrons. The number of nitrogens with zero attached hydrogens (tertiary/aromatic N) is 4. The fourth-order valence-electron chi connectivity index (χ4n) is 2.39. The quantitative estimate of drug-likeness (QED) is 0.824. The zero-order chi connectivity index (χ0) is 12.4. The van der Waals surface area contributed by atoms with E-state index in [-0.39, 0.29) is 0 Å². The first-order valence-electron chi connectivity index (χ1n) is 6.28. The van der Waals surface area contributed by atoms with Gasteiger partial charge in [0, 0.05) is 30.7 Å². The van der Waals surface area contributed by atoms with E-state index in [2.05, 4.69) is 15.1 Å². The molecule has 0 N–H and O–H groups in total. The molecule has 0 saturated carbocycles. The number of hydrogen-bond donors (Lipinski definition) is 0. The van der Waals surface area contributed by atoms with Crippen LogP contribution in [0.2, 0.25) is 0 Å². The molecule has 18 heavy (non-hydrogen) atoms. The summed E-state index contributed by atoms with van der Waals surface area (Å²) in [5, 5.41) is 4.45. The zero-order valence-corrected chi connectivity index (χ0v) is 10.5. The topological polar surface area (TPSA) is 52.8 Å². The predicted octanol–water partition coefficient (Wildman–Crippen LogP) is 1.67. The molecular weight excluding hydrogens is 228 g/mol. The SMILES string of the molecule is Cn1nc(OCc2ncccn2)c2c1CCCC2. The Balaban J connectivity index is 1.77. The molecule has 0 unspecified atom stereocenters. The Morgan fingerprint density at radius 2 is 2.00 bits per heavy atom. The molecule has 0 fully saturated rings. The third-order valence-electron chi connectivity index (χ3n) is 3.29. The fourth-order valence-corrected chi connectivity index (χ4v) is 2.39. The minimum atomic E-state index is 0.379. The minimum Gasteiger partial charge on any atom is -0.468 e. The summed E-state index contributed by atoms with van der Waals surface area (Å²) in [5.41, 5.74) is 2.57. The monoisotopic (exact) mass is 244 g/mol.